The second kappa shape index (κ2) is 4.26. The van der Waals surface area contributed by atoms with Gasteiger partial charge in [0.15, 0.2) is 0 Å². The van der Waals surface area contributed by atoms with Crippen molar-refractivity contribution in [3.63, 3.8) is 0 Å². The minimum Gasteiger partial charge on any atom is -1.00 e. The van der Waals surface area contributed by atoms with E-state index >= 15 is 0 Å². The number of hydrogen-bond acceptors (Lipinski definition) is 0. The van der Waals surface area contributed by atoms with E-state index in [0.29, 0.717) is 0 Å². The molecule has 0 fully saturated rings. The van der Waals surface area contributed by atoms with Gasteiger partial charge >= 0.3 is 26.2 Å². The molecule has 0 aromatic heterocycles. The standard InChI is InChI=1S/C7H9.Zr.3H/c1-2-7-5-3-4-6-7;;;;/h3-5H,1-2,6H2;;;;/q-1;+4;3*-1. The third-order valence-corrected chi connectivity index (χ3v) is 1.17. The maximum atomic E-state index is 3.76. The molecule has 0 nitrogen and oxygen atoms in total. The molecule has 0 amide bonds. The molecule has 0 bridgehead atoms. The Morgan fingerprint density at radius 1 is 1.75 bits per heavy atom. The van der Waals surface area contributed by atoms with Crippen LogP contribution in [0, 0.1) is 6.92 Å². The Morgan fingerprint density at radius 3 is 2.75 bits per heavy atom. The number of rotatable bonds is 1. The Kier molecular flexibility index (Phi) is 4.46. The molecule has 0 aliphatic heterocycles. The largest absolute Gasteiger partial charge is 4.00 e. The van der Waals surface area contributed by atoms with Crippen LogP contribution in [0.3, 0.4) is 0 Å². The first-order chi connectivity index (χ1) is 3.43. The normalized spacial score (nSPS) is 15.4. The summed E-state index contributed by atoms with van der Waals surface area (Å²) >= 11 is 0. The number of allylic oxidation sites excluding steroid dienone is 4. The topological polar surface area (TPSA) is 0 Å². The van der Waals surface area contributed by atoms with Gasteiger partial charge in [0.2, 0.25) is 0 Å². The zero-order chi connectivity index (χ0) is 5.11. The van der Waals surface area contributed by atoms with Gasteiger partial charge in [-0.3, -0.25) is 0 Å². The molecule has 8 heavy (non-hydrogen) atoms. The van der Waals surface area contributed by atoms with Gasteiger partial charge in [0.1, 0.15) is 0 Å². The molecule has 0 aromatic rings. The van der Waals surface area contributed by atoms with Crippen LogP contribution in [-0.2, 0) is 26.2 Å². The summed E-state index contributed by atoms with van der Waals surface area (Å²) in [6.07, 6.45) is 8.46. The zero-order valence-electron chi connectivity index (χ0n) is 7.85. The summed E-state index contributed by atoms with van der Waals surface area (Å²) in [5.74, 6) is 0. The van der Waals surface area contributed by atoms with Gasteiger partial charge in [-0.05, 0) is 6.42 Å². The van der Waals surface area contributed by atoms with Gasteiger partial charge in [-0.25, -0.2) is 0 Å². The Morgan fingerprint density at radius 2 is 2.50 bits per heavy atom. The maximum absolute atomic E-state index is 3.76. The third kappa shape index (κ3) is 2.09. The summed E-state index contributed by atoms with van der Waals surface area (Å²) in [7, 11) is 0. The van der Waals surface area contributed by atoms with Crippen LogP contribution >= 0.6 is 0 Å². The van der Waals surface area contributed by atoms with Crippen LogP contribution in [0.25, 0.3) is 0 Å². The molecule has 0 radical (unpaired) electrons. The van der Waals surface area contributed by atoms with E-state index in [2.05, 4.69) is 25.2 Å². The van der Waals surface area contributed by atoms with E-state index in [-0.39, 0.29) is 30.5 Å². The Labute approximate surface area is 74.2 Å². The summed E-state index contributed by atoms with van der Waals surface area (Å²) in [6, 6.07) is 0. The Hall–Kier alpha value is 0.363. The fourth-order valence-corrected chi connectivity index (χ4v) is 0.677. The predicted molar refractivity (Wildman–Crippen MR) is 35.2 cm³/mol. The van der Waals surface area contributed by atoms with Crippen LogP contribution in [0.15, 0.2) is 23.8 Å². The van der Waals surface area contributed by atoms with E-state index in [9.17, 15) is 0 Å². The van der Waals surface area contributed by atoms with Crippen molar-refractivity contribution in [2.45, 2.75) is 12.8 Å². The third-order valence-electron chi connectivity index (χ3n) is 1.17. The molecule has 0 spiro atoms. The molecular weight excluding hydrogens is 175 g/mol. The van der Waals surface area contributed by atoms with Crippen LogP contribution in [0.1, 0.15) is 17.1 Å². The predicted octanol–water partition coefficient (Wildman–Crippen LogP) is 2.43. The summed E-state index contributed by atoms with van der Waals surface area (Å²) in [6.45, 7) is 3.76. The molecule has 0 aromatic carbocycles. The fourth-order valence-electron chi connectivity index (χ4n) is 0.677. The fraction of sp³-hybridized carbons (Fsp3) is 0.286. The minimum atomic E-state index is 0. The van der Waals surface area contributed by atoms with E-state index in [4.69, 9.17) is 0 Å². The quantitative estimate of drug-likeness (QED) is 0.553. The summed E-state index contributed by atoms with van der Waals surface area (Å²) < 4.78 is 0. The van der Waals surface area contributed by atoms with Crippen LogP contribution in [0.4, 0.5) is 0 Å². The monoisotopic (exact) mass is 186 g/mol. The first-order valence-electron chi connectivity index (χ1n) is 2.57. The molecule has 0 heterocycles. The zero-order valence-corrected chi connectivity index (χ0v) is 7.31. The van der Waals surface area contributed by atoms with Crippen molar-refractivity contribution in [2.24, 2.45) is 0 Å². The second-order valence-corrected chi connectivity index (χ2v) is 1.71. The Balaban J connectivity index is -0.0000000612. The van der Waals surface area contributed by atoms with E-state index in [1.54, 1.807) is 0 Å². The summed E-state index contributed by atoms with van der Waals surface area (Å²) in [4.78, 5) is 0. The number of hydrogen-bond donors (Lipinski definition) is 0. The average Bonchev–Trinajstić information content (AvgIpc) is 2.14. The minimum absolute atomic E-state index is 0. The molecule has 0 saturated heterocycles. The first kappa shape index (κ1) is 8.36. The van der Waals surface area contributed by atoms with Crippen molar-refractivity contribution in [2.75, 3.05) is 0 Å². The van der Waals surface area contributed by atoms with E-state index in [1.165, 1.54) is 5.57 Å². The van der Waals surface area contributed by atoms with Gasteiger partial charge in [-0.2, -0.15) is 6.42 Å². The molecule has 1 aliphatic carbocycles. The molecule has 44 valence electrons. The molecule has 1 aliphatic rings. The maximum Gasteiger partial charge on any atom is 4.00 e. The Bertz CT molecular complexity index is 121. The second-order valence-electron chi connectivity index (χ2n) is 1.71. The van der Waals surface area contributed by atoms with Crippen molar-refractivity contribution < 1.29 is 30.5 Å². The molecular formula is C7H12Zr. The molecule has 1 rings (SSSR count). The van der Waals surface area contributed by atoms with Gasteiger partial charge in [0.05, 0.1) is 0 Å². The van der Waals surface area contributed by atoms with Gasteiger partial charge in [0.25, 0.3) is 0 Å². The molecule has 0 N–H and O–H groups in total. The van der Waals surface area contributed by atoms with Gasteiger partial charge < -0.3 is 11.2 Å². The molecule has 0 atom stereocenters. The van der Waals surface area contributed by atoms with Gasteiger partial charge in [-0.1, -0.05) is 23.8 Å². The van der Waals surface area contributed by atoms with Crippen molar-refractivity contribution >= 4 is 0 Å². The van der Waals surface area contributed by atoms with Gasteiger partial charge in [0, 0.05) is 0 Å². The van der Waals surface area contributed by atoms with Crippen LogP contribution in [0.2, 0.25) is 0 Å². The summed E-state index contributed by atoms with van der Waals surface area (Å²) in [5.41, 5.74) is 1.44. The van der Waals surface area contributed by atoms with Crippen molar-refractivity contribution in [1.82, 2.24) is 0 Å². The summed E-state index contributed by atoms with van der Waals surface area (Å²) in [5, 5.41) is 0. The van der Waals surface area contributed by atoms with Crippen LogP contribution in [-0.4, -0.2) is 0 Å². The van der Waals surface area contributed by atoms with Crippen molar-refractivity contribution in [3.05, 3.63) is 30.7 Å². The van der Waals surface area contributed by atoms with Crippen molar-refractivity contribution in [1.29, 1.82) is 0 Å². The van der Waals surface area contributed by atoms with Crippen LogP contribution < -0.4 is 0 Å². The van der Waals surface area contributed by atoms with Crippen molar-refractivity contribution in [3.8, 4) is 0 Å². The van der Waals surface area contributed by atoms with E-state index in [1.807, 2.05) is 0 Å². The van der Waals surface area contributed by atoms with Gasteiger partial charge in [-0.15, -0.1) is 0 Å². The smallest absolute Gasteiger partial charge is 1.00 e. The first-order valence-corrected chi connectivity index (χ1v) is 2.57. The average molecular weight is 187 g/mol. The van der Waals surface area contributed by atoms with Crippen LogP contribution in [0.5, 0.6) is 0 Å². The van der Waals surface area contributed by atoms with E-state index < -0.39 is 0 Å². The molecule has 0 unspecified atom stereocenters. The molecule has 0 saturated carbocycles. The molecule has 1 heteroatoms. The SMILES string of the molecule is [CH2-]CC1=CC=CC1.[H-].[H-].[H-].[Zr+4]. The van der Waals surface area contributed by atoms with E-state index in [0.717, 1.165) is 12.8 Å².